The molecule has 0 saturated carbocycles. The van der Waals surface area contributed by atoms with Crippen LogP contribution in [0.25, 0.3) is 0 Å². The summed E-state index contributed by atoms with van der Waals surface area (Å²) in [4.78, 5) is 18.3. The van der Waals surface area contributed by atoms with Crippen LogP contribution in [0.5, 0.6) is 0 Å². The van der Waals surface area contributed by atoms with Gasteiger partial charge in [0.25, 0.3) is 0 Å². The summed E-state index contributed by atoms with van der Waals surface area (Å²) in [6, 6.07) is 3.09. The molecular formula is C11H11N7O2. The fourth-order valence-electron chi connectivity index (χ4n) is 1.65. The Balaban J connectivity index is 2.10. The van der Waals surface area contributed by atoms with Gasteiger partial charge in [0.15, 0.2) is 5.82 Å². The lowest BCUT2D eigenvalue weighted by atomic mass is 10.2. The smallest absolute Gasteiger partial charge is 0.328 e. The summed E-state index contributed by atoms with van der Waals surface area (Å²) in [7, 11) is 1.76. The molecule has 1 N–H and O–H groups in total. The lowest BCUT2D eigenvalue weighted by Gasteiger charge is -2.05. The average molecular weight is 273 g/mol. The highest BCUT2D eigenvalue weighted by molar-refractivity contribution is 5.63. The van der Waals surface area contributed by atoms with Gasteiger partial charge in [0.05, 0.1) is 4.92 Å². The van der Waals surface area contributed by atoms with Crippen molar-refractivity contribution in [3.8, 4) is 6.07 Å². The fourth-order valence-corrected chi connectivity index (χ4v) is 1.65. The molecule has 0 radical (unpaired) electrons. The van der Waals surface area contributed by atoms with Crippen molar-refractivity contribution < 1.29 is 4.92 Å². The zero-order valence-corrected chi connectivity index (χ0v) is 10.6. The van der Waals surface area contributed by atoms with E-state index in [1.54, 1.807) is 24.1 Å². The van der Waals surface area contributed by atoms with Crippen molar-refractivity contribution in [1.82, 2.24) is 19.7 Å². The topological polar surface area (TPSA) is 123 Å². The van der Waals surface area contributed by atoms with Crippen LogP contribution in [0.15, 0.2) is 18.6 Å². The molecule has 0 aliphatic carbocycles. The van der Waals surface area contributed by atoms with Gasteiger partial charge in [0.2, 0.25) is 5.82 Å². The molecule has 0 aliphatic heterocycles. The van der Waals surface area contributed by atoms with Crippen molar-refractivity contribution in [2.24, 2.45) is 7.05 Å². The number of nitriles is 1. The van der Waals surface area contributed by atoms with E-state index in [2.05, 4.69) is 20.4 Å². The van der Waals surface area contributed by atoms with Gasteiger partial charge in [-0.15, -0.1) is 0 Å². The number of nitrogens with one attached hydrogen (secondary N) is 1. The van der Waals surface area contributed by atoms with Gasteiger partial charge in [-0.2, -0.15) is 10.4 Å². The van der Waals surface area contributed by atoms with Crippen LogP contribution in [0.4, 0.5) is 11.5 Å². The van der Waals surface area contributed by atoms with Crippen LogP contribution in [0.3, 0.4) is 0 Å². The molecule has 2 rings (SSSR count). The minimum atomic E-state index is -0.618. The molecule has 9 nitrogen and oxygen atoms in total. The molecule has 20 heavy (non-hydrogen) atoms. The molecule has 2 aromatic rings. The Labute approximate surface area is 114 Å². The molecule has 2 aromatic heterocycles. The molecule has 9 heteroatoms. The molecule has 0 unspecified atom stereocenters. The van der Waals surface area contributed by atoms with E-state index in [1.807, 2.05) is 0 Å². The second-order valence-corrected chi connectivity index (χ2v) is 3.94. The lowest BCUT2D eigenvalue weighted by Crippen LogP contribution is -2.10. The Hall–Kier alpha value is -3.02. The molecule has 0 fully saturated rings. The predicted octanol–water partition coefficient (Wildman–Crippen LogP) is 0.645. The highest BCUT2D eigenvalue weighted by Gasteiger charge is 2.20. The molecule has 2 heterocycles. The van der Waals surface area contributed by atoms with E-state index < -0.39 is 4.92 Å². The fraction of sp³-hybridized carbons (Fsp3) is 0.273. The first-order valence-electron chi connectivity index (χ1n) is 5.73. The number of aryl methyl sites for hydroxylation is 1. The molecule has 0 aliphatic rings. The number of nitrogens with zero attached hydrogens (tertiary/aromatic N) is 6. The number of aromatic nitrogens is 4. The Morgan fingerprint density at radius 3 is 2.95 bits per heavy atom. The normalized spacial score (nSPS) is 10.0. The molecule has 0 bridgehead atoms. The van der Waals surface area contributed by atoms with E-state index in [4.69, 9.17) is 5.26 Å². The van der Waals surface area contributed by atoms with Crippen LogP contribution in [-0.2, 0) is 13.5 Å². The molecular weight excluding hydrogens is 262 g/mol. The van der Waals surface area contributed by atoms with Crippen LogP contribution in [0.1, 0.15) is 11.4 Å². The largest absolute Gasteiger partial charge is 0.364 e. The van der Waals surface area contributed by atoms with Crippen molar-refractivity contribution >= 4 is 11.5 Å². The molecule has 0 saturated heterocycles. The predicted molar refractivity (Wildman–Crippen MR) is 68.8 cm³/mol. The van der Waals surface area contributed by atoms with Gasteiger partial charge >= 0.3 is 5.69 Å². The maximum atomic E-state index is 11.0. The van der Waals surface area contributed by atoms with Crippen LogP contribution in [0.2, 0.25) is 0 Å². The Kier molecular flexibility index (Phi) is 3.85. The molecule has 0 spiro atoms. The van der Waals surface area contributed by atoms with Gasteiger partial charge in [-0.3, -0.25) is 14.8 Å². The Morgan fingerprint density at radius 2 is 2.35 bits per heavy atom. The summed E-state index contributed by atoms with van der Waals surface area (Å²) >= 11 is 0. The minimum Gasteiger partial charge on any atom is -0.364 e. The van der Waals surface area contributed by atoms with E-state index in [0.29, 0.717) is 18.8 Å². The SMILES string of the molecule is Cn1cnc(CCNc2nccc(C#N)c2[N+](=O)[O-])n1. The number of anilines is 1. The first-order valence-corrected chi connectivity index (χ1v) is 5.73. The van der Waals surface area contributed by atoms with E-state index in [9.17, 15) is 10.1 Å². The third-order valence-corrected chi connectivity index (χ3v) is 2.52. The van der Waals surface area contributed by atoms with Crippen molar-refractivity contribution in [1.29, 1.82) is 5.26 Å². The number of rotatable bonds is 5. The molecule has 0 atom stereocenters. The van der Waals surface area contributed by atoms with E-state index in [-0.39, 0.29) is 17.1 Å². The van der Waals surface area contributed by atoms with Crippen molar-refractivity contribution in [2.45, 2.75) is 6.42 Å². The van der Waals surface area contributed by atoms with Crippen molar-refractivity contribution in [2.75, 3.05) is 11.9 Å². The average Bonchev–Trinajstić information content (AvgIpc) is 2.83. The highest BCUT2D eigenvalue weighted by Crippen LogP contribution is 2.25. The summed E-state index contributed by atoms with van der Waals surface area (Å²) < 4.78 is 1.58. The number of pyridine rings is 1. The van der Waals surface area contributed by atoms with Crippen LogP contribution in [-0.4, -0.2) is 31.2 Å². The quantitative estimate of drug-likeness (QED) is 0.626. The van der Waals surface area contributed by atoms with Gasteiger partial charge in [-0.05, 0) is 6.07 Å². The summed E-state index contributed by atoms with van der Waals surface area (Å²) in [6.45, 7) is 0.382. The van der Waals surface area contributed by atoms with Gasteiger partial charge < -0.3 is 5.32 Å². The van der Waals surface area contributed by atoms with Gasteiger partial charge in [-0.1, -0.05) is 0 Å². The summed E-state index contributed by atoms with van der Waals surface area (Å²) in [6.07, 6.45) is 3.43. The molecule has 0 aromatic carbocycles. The lowest BCUT2D eigenvalue weighted by molar-refractivity contribution is -0.384. The zero-order valence-electron chi connectivity index (χ0n) is 10.6. The van der Waals surface area contributed by atoms with E-state index >= 15 is 0 Å². The third-order valence-electron chi connectivity index (χ3n) is 2.52. The first kappa shape index (κ1) is 13.4. The van der Waals surface area contributed by atoms with Gasteiger partial charge in [-0.25, -0.2) is 9.97 Å². The second-order valence-electron chi connectivity index (χ2n) is 3.94. The van der Waals surface area contributed by atoms with E-state index in [0.717, 1.165) is 0 Å². The molecule has 102 valence electrons. The molecule has 0 amide bonds. The number of hydrogen-bond donors (Lipinski definition) is 1. The van der Waals surface area contributed by atoms with Crippen molar-refractivity contribution in [3.63, 3.8) is 0 Å². The monoisotopic (exact) mass is 273 g/mol. The first-order chi connectivity index (χ1) is 9.61. The maximum Gasteiger partial charge on any atom is 0.328 e. The zero-order chi connectivity index (χ0) is 14.5. The Morgan fingerprint density at radius 1 is 1.55 bits per heavy atom. The standard InChI is InChI=1S/C11H11N7O2/c1-17-7-15-9(16-17)3-5-14-11-10(18(19)20)8(6-12)2-4-13-11/h2,4,7H,3,5H2,1H3,(H,13,14). The summed E-state index contributed by atoms with van der Waals surface area (Å²) in [5.74, 6) is 0.698. The van der Waals surface area contributed by atoms with Crippen LogP contribution >= 0.6 is 0 Å². The van der Waals surface area contributed by atoms with E-state index in [1.165, 1.54) is 12.3 Å². The van der Waals surface area contributed by atoms with Crippen molar-refractivity contribution in [3.05, 3.63) is 40.1 Å². The second kappa shape index (κ2) is 5.75. The van der Waals surface area contributed by atoms with Crippen LogP contribution in [0, 0.1) is 21.4 Å². The van der Waals surface area contributed by atoms with Gasteiger partial charge in [0, 0.05) is 26.2 Å². The van der Waals surface area contributed by atoms with Crippen LogP contribution < -0.4 is 5.32 Å². The summed E-state index contributed by atoms with van der Waals surface area (Å²) in [5.41, 5.74) is -0.340. The maximum absolute atomic E-state index is 11.0. The third kappa shape index (κ3) is 2.86. The summed E-state index contributed by atoms with van der Waals surface area (Å²) in [5, 5.41) is 26.8. The van der Waals surface area contributed by atoms with Gasteiger partial charge in [0.1, 0.15) is 18.0 Å². The Bertz CT molecular complexity index is 674. The number of nitro groups is 1. The minimum absolute atomic E-state index is 0.0246. The number of hydrogen-bond acceptors (Lipinski definition) is 7. The highest BCUT2D eigenvalue weighted by atomic mass is 16.6.